The first kappa shape index (κ1) is 18.9. The van der Waals surface area contributed by atoms with Gasteiger partial charge in [-0.15, -0.1) is 0 Å². The van der Waals surface area contributed by atoms with Gasteiger partial charge in [0.15, 0.2) is 17.3 Å². The van der Waals surface area contributed by atoms with E-state index < -0.39 is 0 Å². The molecule has 9 nitrogen and oxygen atoms in total. The van der Waals surface area contributed by atoms with Crippen LogP contribution in [0.15, 0.2) is 41.0 Å². The number of fused-ring (bicyclic) bond motifs is 1. The Morgan fingerprint density at radius 3 is 2.62 bits per heavy atom. The molecular formula is C20H21N3O6. The third kappa shape index (κ3) is 4.34. The van der Waals surface area contributed by atoms with E-state index >= 15 is 0 Å². The smallest absolute Gasteiger partial charge is 0.289 e. The van der Waals surface area contributed by atoms with Crippen LogP contribution in [0.1, 0.15) is 33.8 Å². The Kier molecular flexibility index (Phi) is 5.37. The molecule has 152 valence electrons. The van der Waals surface area contributed by atoms with Gasteiger partial charge in [-0.2, -0.15) is 0 Å². The Morgan fingerprint density at radius 1 is 1.07 bits per heavy atom. The van der Waals surface area contributed by atoms with Gasteiger partial charge in [0, 0.05) is 24.7 Å². The summed E-state index contributed by atoms with van der Waals surface area (Å²) in [6.45, 7) is 1.08. The summed E-state index contributed by atoms with van der Waals surface area (Å²) in [5, 5.41) is 5.50. The number of carbonyl (C=O) groups excluding carboxylic acids is 3. The van der Waals surface area contributed by atoms with Gasteiger partial charge in [0.25, 0.3) is 11.8 Å². The zero-order chi connectivity index (χ0) is 20.2. The second-order valence-electron chi connectivity index (χ2n) is 6.86. The number of benzene rings is 1. The van der Waals surface area contributed by atoms with E-state index in [1.165, 1.54) is 6.26 Å². The Hall–Kier alpha value is -3.49. The molecule has 1 aromatic heterocycles. The summed E-state index contributed by atoms with van der Waals surface area (Å²) >= 11 is 0. The van der Waals surface area contributed by atoms with Crippen molar-refractivity contribution in [3.63, 3.8) is 0 Å². The summed E-state index contributed by atoms with van der Waals surface area (Å²) in [5.41, 5.74) is 0.395. The monoisotopic (exact) mass is 399 g/mol. The molecule has 2 aromatic rings. The molecule has 2 aliphatic heterocycles. The zero-order valence-electron chi connectivity index (χ0n) is 15.7. The molecule has 0 spiro atoms. The number of nitrogens with one attached hydrogen (secondary N) is 2. The van der Waals surface area contributed by atoms with Crippen molar-refractivity contribution >= 4 is 17.7 Å². The standard InChI is InChI=1S/C20H21N3O6/c24-18(11-21-19(25)13-3-4-15-17(10-13)29-12-28-15)22-14-5-7-23(8-6-14)20(26)16-2-1-9-27-16/h1-4,9-10,14H,5-8,11-12H2,(H,21,25)(H,22,24). The number of ether oxygens (including phenoxy) is 2. The van der Waals surface area contributed by atoms with Gasteiger partial charge in [-0.25, -0.2) is 0 Å². The number of piperidine rings is 1. The predicted molar refractivity (Wildman–Crippen MR) is 101 cm³/mol. The van der Waals surface area contributed by atoms with E-state index in [9.17, 15) is 14.4 Å². The van der Waals surface area contributed by atoms with Gasteiger partial charge in [0.05, 0.1) is 12.8 Å². The molecule has 0 unspecified atom stereocenters. The highest BCUT2D eigenvalue weighted by Gasteiger charge is 2.26. The Morgan fingerprint density at radius 2 is 1.86 bits per heavy atom. The van der Waals surface area contributed by atoms with E-state index in [4.69, 9.17) is 13.9 Å². The molecule has 0 aliphatic carbocycles. The van der Waals surface area contributed by atoms with Gasteiger partial charge < -0.3 is 29.4 Å². The zero-order valence-corrected chi connectivity index (χ0v) is 15.7. The maximum Gasteiger partial charge on any atom is 0.289 e. The highest BCUT2D eigenvalue weighted by Crippen LogP contribution is 2.32. The number of amides is 3. The van der Waals surface area contributed by atoms with Crippen LogP contribution >= 0.6 is 0 Å². The minimum Gasteiger partial charge on any atom is -0.459 e. The topological polar surface area (TPSA) is 110 Å². The summed E-state index contributed by atoms with van der Waals surface area (Å²) in [6, 6.07) is 8.14. The van der Waals surface area contributed by atoms with Gasteiger partial charge in [-0.1, -0.05) is 0 Å². The summed E-state index contributed by atoms with van der Waals surface area (Å²) < 4.78 is 15.6. The lowest BCUT2D eigenvalue weighted by Gasteiger charge is -2.31. The predicted octanol–water partition coefficient (Wildman–Crippen LogP) is 1.16. The molecule has 0 atom stereocenters. The summed E-state index contributed by atoms with van der Waals surface area (Å²) in [6.07, 6.45) is 2.76. The minimum absolute atomic E-state index is 0.0365. The van der Waals surface area contributed by atoms with E-state index in [0.29, 0.717) is 48.8 Å². The lowest BCUT2D eigenvalue weighted by atomic mass is 10.0. The Bertz CT molecular complexity index is 903. The first-order valence-electron chi connectivity index (χ1n) is 9.40. The van der Waals surface area contributed by atoms with Crippen molar-refractivity contribution in [3.05, 3.63) is 47.9 Å². The lowest BCUT2D eigenvalue weighted by Crippen LogP contribution is -2.48. The average molecular weight is 399 g/mol. The highest BCUT2D eigenvalue weighted by molar-refractivity contribution is 5.97. The number of furan rings is 1. The third-order valence-electron chi connectivity index (χ3n) is 4.92. The van der Waals surface area contributed by atoms with Gasteiger partial charge in [0.1, 0.15) is 0 Å². The fraction of sp³-hybridized carbons (Fsp3) is 0.350. The Balaban J connectivity index is 1.20. The maximum absolute atomic E-state index is 12.3. The normalized spacial score (nSPS) is 15.8. The number of hydrogen-bond donors (Lipinski definition) is 2. The molecule has 1 saturated heterocycles. The number of hydrogen-bond acceptors (Lipinski definition) is 6. The SMILES string of the molecule is O=C(CNC(=O)c1ccc2c(c1)OCO2)NC1CCN(C(=O)c2ccco2)CC1. The average Bonchev–Trinajstić information content (AvgIpc) is 3.43. The van der Waals surface area contributed by atoms with E-state index in [1.54, 1.807) is 35.2 Å². The van der Waals surface area contributed by atoms with E-state index in [0.717, 1.165) is 0 Å². The van der Waals surface area contributed by atoms with Gasteiger partial charge in [0.2, 0.25) is 12.7 Å². The molecule has 3 heterocycles. The molecule has 4 rings (SSSR count). The van der Waals surface area contributed by atoms with Crippen molar-refractivity contribution in [2.24, 2.45) is 0 Å². The molecule has 29 heavy (non-hydrogen) atoms. The van der Waals surface area contributed by atoms with E-state index in [1.807, 2.05) is 0 Å². The molecule has 1 aromatic carbocycles. The van der Waals surface area contributed by atoms with Crippen molar-refractivity contribution in [2.75, 3.05) is 26.4 Å². The fourth-order valence-electron chi connectivity index (χ4n) is 3.36. The van der Waals surface area contributed by atoms with Crippen LogP contribution < -0.4 is 20.1 Å². The Labute approximate surface area is 166 Å². The highest BCUT2D eigenvalue weighted by atomic mass is 16.7. The number of likely N-dealkylation sites (tertiary alicyclic amines) is 1. The largest absolute Gasteiger partial charge is 0.459 e. The first-order valence-corrected chi connectivity index (χ1v) is 9.40. The van der Waals surface area contributed by atoms with Crippen molar-refractivity contribution in [1.29, 1.82) is 0 Å². The van der Waals surface area contributed by atoms with Gasteiger partial charge in [-0.05, 0) is 43.2 Å². The minimum atomic E-state index is -0.364. The summed E-state index contributed by atoms with van der Waals surface area (Å²) in [7, 11) is 0. The maximum atomic E-state index is 12.3. The molecule has 0 bridgehead atoms. The molecule has 2 N–H and O–H groups in total. The molecule has 1 fully saturated rings. The van der Waals surface area contributed by atoms with E-state index in [2.05, 4.69) is 10.6 Å². The van der Waals surface area contributed by atoms with E-state index in [-0.39, 0.29) is 37.1 Å². The van der Waals surface area contributed by atoms with Crippen molar-refractivity contribution < 1.29 is 28.3 Å². The summed E-state index contributed by atoms with van der Waals surface area (Å²) in [4.78, 5) is 38.4. The number of carbonyl (C=O) groups is 3. The number of rotatable bonds is 5. The second kappa shape index (κ2) is 8.26. The van der Waals surface area contributed by atoms with Crippen LogP contribution in [0.5, 0.6) is 11.5 Å². The van der Waals surface area contributed by atoms with Crippen molar-refractivity contribution in [1.82, 2.24) is 15.5 Å². The van der Waals surface area contributed by atoms with Crippen LogP contribution in [0.3, 0.4) is 0 Å². The second-order valence-corrected chi connectivity index (χ2v) is 6.86. The van der Waals surface area contributed by atoms with Gasteiger partial charge >= 0.3 is 0 Å². The van der Waals surface area contributed by atoms with Crippen LogP contribution in [0.4, 0.5) is 0 Å². The molecule has 9 heteroatoms. The third-order valence-corrected chi connectivity index (χ3v) is 4.92. The van der Waals surface area contributed by atoms with Crippen molar-refractivity contribution in [3.8, 4) is 11.5 Å². The number of nitrogens with zero attached hydrogens (tertiary/aromatic N) is 1. The first-order chi connectivity index (χ1) is 14.1. The molecule has 2 aliphatic rings. The van der Waals surface area contributed by atoms with Crippen LogP contribution in [-0.2, 0) is 4.79 Å². The summed E-state index contributed by atoms with van der Waals surface area (Å²) in [5.74, 6) is 0.649. The molecule has 0 saturated carbocycles. The fourth-order valence-corrected chi connectivity index (χ4v) is 3.36. The van der Waals surface area contributed by atoms with Gasteiger partial charge in [-0.3, -0.25) is 14.4 Å². The quantitative estimate of drug-likeness (QED) is 0.781. The van der Waals surface area contributed by atoms with Crippen LogP contribution in [0.25, 0.3) is 0 Å². The van der Waals surface area contributed by atoms with Crippen LogP contribution in [0, 0.1) is 0 Å². The van der Waals surface area contributed by atoms with Crippen LogP contribution in [0.2, 0.25) is 0 Å². The molecule has 0 radical (unpaired) electrons. The van der Waals surface area contributed by atoms with Crippen molar-refractivity contribution in [2.45, 2.75) is 18.9 Å². The molecule has 3 amide bonds. The lowest BCUT2D eigenvalue weighted by molar-refractivity contribution is -0.121. The molecular weight excluding hydrogens is 378 g/mol. The van der Waals surface area contributed by atoms with Crippen LogP contribution in [-0.4, -0.2) is 55.1 Å².